The van der Waals surface area contributed by atoms with Crippen LogP contribution in [0.5, 0.6) is 0 Å². The zero-order valence-corrected chi connectivity index (χ0v) is 12.0. The Hall–Kier alpha value is -1.30. The molecule has 0 radical (unpaired) electrons. The Labute approximate surface area is 112 Å². The van der Waals surface area contributed by atoms with Crippen LogP contribution in [0.3, 0.4) is 0 Å². The summed E-state index contributed by atoms with van der Waals surface area (Å²) in [6, 6.07) is 0. The van der Waals surface area contributed by atoms with Crippen molar-refractivity contribution in [3.05, 3.63) is 11.1 Å². The molecular weight excluding hydrogens is 246 g/mol. The summed E-state index contributed by atoms with van der Waals surface area (Å²) in [7, 11) is 5.81. The van der Waals surface area contributed by atoms with Crippen LogP contribution in [0.1, 0.15) is 18.5 Å². The Morgan fingerprint density at radius 1 is 1.50 bits per heavy atom. The third-order valence-electron chi connectivity index (χ3n) is 2.84. The van der Waals surface area contributed by atoms with Crippen LogP contribution in [-0.2, 0) is 6.54 Å². The van der Waals surface area contributed by atoms with Gasteiger partial charge in [0.05, 0.1) is 12.2 Å². The Morgan fingerprint density at radius 3 is 2.83 bits per heavy atom. The number of thiazole rings is 1. The zero-order chi connectivity index (χ0) is 13.0. The summed E-state index contributed by atoms with van der Waals surface area (Å²) >= 11 is 1.66. The molecule has 2 N–H and O–H groups in total. The second-order valence-electron chi connectivity index (χ2n) is 4.77. The number of anilines is 1. The van der Waals surface area contributed by atoms with Crippen molar-refractivity contribution in [1.29, 1.82) is 0 Å². The number of hydrogen-bond donors (Lipinski definition) is 2. The molecule has 1 aromatic heterocycles. The summed E-state index contributed by atoms with van der Waals surface area (Å²) in [5, 5.41) is 9.74. The zero-order valence-electron chi connectivity index (χ0n) is 11.2. The lowest BCUT2D eigenvalue weighted by molar-refractivity contribution is 0.734. The topological polar surface area (TPSA) is 52.6 Å². The van der Waals surface area contributed by atoms with E-state index in [2.05, 4.69) is 26.0 Å². The van der Waals surface area contributed by atoms with Gasteiger partial charge in [0, 0.05) is 33.1 Å². The first kappa shape index (κ1) is 13.1. The van der Waals surface area contributed by atoms with E-state index >= 15 is 0 Å². The number of guanidine groups is 1. The minimum absolute atomic E-state index is 0.717. The highest BCUT2D eigenvalue weighted by molar-refractivity contribution is 7.13. The van der Waals surface area contributed by atoms with E-state index in [1.54, 1.807) is 18.4 Å². The van der Waals surface area contributed by atoms with Gasteiger partial charge in [0.15, 0.2) is 11.1 Å². The molecule has 6 heteroatoms. The maximum atomic E-state index is 4.52. The average molecular weight is 267 g/mol. The lowest BCUT2D eigenvalue weighted by Crippen LogP contribution is -2.37. The molecule has 1 aliphatic carbocycles. The van der Waals surface area contributed by atoms with E-state index < -0.39 is 0 Å². The second kappa shape index (κ2) is 6.04. The monoisotopic (exact) mass is 267 g/mol. The van der Waals surface area contributed by atoms with Crippen LogP contribution in [0, 0.1) is 5.92 Å². The number of aliphatic imine (C=N–C) groups is 1. The molecule has 0 bridgehead atoms. The molecule has 1 aromatic rings. The summed E-state index contributed by atoms with van der Waals surface area (Å²) in [6.07, 6.45) is 2.70. The van der Waals surface area contributed by atoms with E-state index in [1.165, 1.54) is 12.8 Å². The fourth-order valence-corrected chi connectivity index (χ4v) is 2.30. The van der Waals surface area contributed by atoms with Crippen LogP contribution in [-0.4, -0.2) is 38.6 Å². The van der Waals surface area contributed by atoms with E-state index in [-0.39, 0.29) is 0 Å². The van der Waals surface area contributed by atoms with Gasteiger partial charge in [-0.05, 0) is 18.8 Å². The van der Waals surface area contributed by atoms with Gasteiger partial charge in [-0.25, -0.2) is 4.98 Å². The van der Waals surface area contributed by atoms with Crippen molar-refractivity contribution < 1.29 is 0 Å². The van der Waals surface area contributed by atoms with E-state index in [9.17, 15) is 0 Å². The van der Waals surface area contributed by atoms with Crippen LogP contribution >= 0.6 is 11.3 Å². The van der Waals surface area contributed by atoms with Gasteiger partial charge in [-0.15, -0.1) is 11.3 Å². The Morgan fingerprint density at radius 2 is 2.28 bits per heavy atom. The van der Waals surface area contributed by atoms with E-state index in [0.717, 1.165) is 29.2 Å². The summed E-state index contributed by atoms with van der Waals surface area (Å²) in [5.74, 6) is 1.71. The van der Waals surface area contributed by atoms with Gasteiger partial charge >= 0.3 is 0 Å². The van der Waals surface area contributed by atoms with Crippen molar-refractivity contribution in [2.24, 2.45) is 10.9 Å². The number of nitrogens with one attached hydrogen (secondary N) is 2. The summed E-state index contributed by atoms with van der Waals surface area (Å²) in [4.78, 5) is 10.7. The highest BCUT2D eigenvalue weighted by Gasteiger charge is 2.21. The number of rotatable bonds is 5. The van der Waals surface area contributed by atoms with Gasteiger partial charge in [-0.1, -0.05) is 0 Å². The first-order chi connectivity index (χ1) is 8.69. The molecule has 0 atom stereocenters. The first-order valence-corrected chi connectivity index (χ1v) is 7.13. The number of hydrogen-bond acceptors (Lipinski definition) is 4. The molecule has 18 heavy (non-hydrogen) atoms. The standard InChI is InChI=1S/C12H21N5S/c1-13-11(14-6-9-4-5-9)15-7-10-8-18-12(16-10)17(2)3/h8-9H,4-7H2,1-3H3,(H2,13,14,15). The Balaban J connectivity index is 1.77. The third-order valence-corrected chi connectivity index (χ3v) is 3.90. The molecule has 2 rings (SSSR count). The molecule has 1 fully saturated rings. The number of nitrogens with zero attached hydrogens (tertiary/aromatic N) is 3. The van der Waals surface area contributed by atoms with Crippen molar-refractivity contribution in [2.45, 2.75) is 19.4 Å². The molecule has 0 unspecified atom stereocenters. The molecule has 0 amide bonds. The Bertz CT molecular complexity index is 408. The van der Waals surface area contributed by atoms with Gasteiger partial charge in [-0.3, -0.25) is 4.99 Å². The largest absolute Gasteiger partial charge is 0.356 e. The highest BCUT2D eigenvalue weighted by Crippen LogP contribution is 2.27. The molecule has 0 aromatic carbocycles. The fourth-order valence-electron chi connectivity index (χ4n) is 1.54. The van der Waals surface area contributed by atoms with Gasteiger partial charge in [0.1, 0.15) is 0 Å². The molecular formula is C12H21N5S. The average Bonchev–Trinajstić information content (AvgIpc) is 3.05. The van der Waals surface area contributed by atoms with Crippen LogP contribution in [0.25, 0.3) is 0 Å². The van der Waals surface area contributed by atoms with Crippen LogP contribution in [0.2, 0.25) is 0 Å². The molecule has 5 nitrogen and oxygen atoms in total. The molecule has 0 saturated heterocycles. The summed E-state index contributed by atoms with van der Waals surface area (Å²) < 4.78 is 0. The SMILES string of the molecule is CN=C(NCc1csc(N(C)C)n1)NCC1CC1. The van der Waals surface area contributed by atoms with Crippen molar-refractivity contribution >= 4 is 22.4 Å². The maximum absolute atomic E-state index is 4.52. The van der Waals surface area contributed by atoms with Crippen LogP contribution in [0.4, 0.5) is 5.13 Å². The lowest BCUT2D eigenvalue weighted by atomic mass is 10.4. The van der Waals surface area contributed by atoms with Gasteiger partial charge in [-0.2, -0.15) is 0 Å². The first-order valence-electron chi connectivity index (χ1n) is 6.25. The molecule has 0 spiro atoms. The predicted octanol–water partition coefficient (Wildman–Crippen LogP) is 1.28. The Kier molecular flexibility index (Phi) is 4.41. The van der Waals surface area contributed by atoms with Crippen LogP contribution < -0.4 is 15.5 Å². The van der Waals surface area contributed by atoms with Crippen molar-refractivity contribution in [3.63, 3.8) is 0 Å². The van der Waals surface area contributed by atoms with Gasteiger partial charge in [0.2, 0.25) is 0 Å². The highest BCUT2D eigenvalue weighted by atomic mass is 32.1. The fraction of sp³-hybridized carbons (Fsp3) is 0.667. The van der Waals surface area contributed by atoms with Gasteiger partial charge in [0.25, 0.3) is 0 Å². The second-order valence-corrected chi connectivity index (χ2v) is 5.60. The number of aromatic nitrogens is 1. The molecule has 1 heterocycles. The lowest BCUT2D eigenvalue weighted by Gasteiger charge is -2.10. The minimum Gasteiger partial charge on any atom is -0.356 e. The normalized spacial score (nSPS) is 15.6. The van der Waals surface area contributed by atoms with Gasteiger partial charge < -0.3 is 15.5 Å². The van der Waals surface area contributed by atoms with E-state index in [4.69, 9.17) is 0 Å². The minimum atomic E-state index is 0.717. The summed E-state index contributed by atoms with van der Waals surface area (Å²) in [5.41, 5.74) is 1.05. The third kappa shape index (κ3) is 3.87. The maximum Gasteiger partial charge on any atom is 0.191 e. The quantitative estimate of drug-likeness (QED) is 0.623. The molecule has 0 aliphatic heterocycles. The van der Waals surface area contributed by atoms with E-state index in [1.807, 2.05) is 19.0 Å². The smallest absolute Gasteiger partial charge is 0.191 e. The van der Waals surface area contributed by atoms with Crippen molar-refractivity contribution in [1.82, 2.24) is 15.6 Å². The molecule has 1 aliphatic rings. The predicted molar refractivity (Wildman–Crippen MR) is 77.4 cm³/mol. The van der Waals surface area contributed by atoms with Crippen LogP contribution in [0.15, 0.2) is 10.4 Å². The molecule has 1 saturated carbocycles. The summed E-state index contributed by atoms with van der Waals surface area (Å²) in [6.45, 7) is 1.74. The van der Waals surface area contributed by atoms with Crippen molar-refractivity contribution in [3.8, 4) is 0 Å². The van der Waals surface area contributed by atoms with E-state index in [0.29, 0.717) is 6.54 Å². The van der Waals surface area contributed by atoms with Crippen molar-refractivity contribution in [2.75, 3.05) is 32.6 Å². The molecule has 100 valence electrons.